The van der Waals surface area contributed by atoms with Gasteiger partial charge in [-0.3, -0.25) is 4.79 Å². The highest BCUT2D eigenvalue weighted by molar-refractivity contribution is 7.15. The molecule has 1 N–H and O–H groups in total. The van der Waals surface area contributed by atoms with E-state index in [1.54, 1.807) is 7.11 Å². The molecule has 4 aliphatic carbocycles. The molecule has 6 rings (SSSR count). The molecule has 28 heavy (non-hydrogen) atoms. The van der Waals surface area contributed by atoms with Crippen LogP contribution < -0.4 is 10.1 Å². The summed E-state index contributed by atoms with van der Waals surface area (Å²) in [6.45, 7) is 2.06. The van der Waals surface area contributed by atoms with Crippen LogP contribution in [0.15, 0.2) is 24.3 Å². The first-order chi connectivity index (χ1) is 13.5. The summed E-state index contributed by atoms with van der Waals surface area (Å²) < 4.78 is 5.35. The number of amides is 1. The van der Waals surface area contributed by atoms with Gasteiger partial charge in [-0.1, -0.05) is 30.4 Å². The summed E-state index contributed by atoms with van der Waals surface area (Å²) in [6.07, 6.45) is 7.55. The molecule has 2 unspecified atom stereocenters. The van der Waals surface area contributed by atoms with Crippen molar-refractivity contribution in [1.82, 2.24) is 10.2 Å². The number of ether oxygens (including phenoxy) is 1. The number of aromatic nitrogens is 2. The van der Waals surface area contributed by atoms with Gasteiger partial charge in [-0.15, -0.1) is 10.2 Å². The van der Waals surface area contributed by atoms with Crippen LogP contribution in [0.3, 0.4) is 0 Å². The number of anilines is 1. The smallest absolute Gasteiger partial charge is 0.232 e. The molecule has 1 amide bonds. The minimum atomic E-state index is -0.262. The summed E-state index contributed by atoms with van der Waals surface area (Å²) in [4.78, 5) is 13.4. The first kappa shape index (κ1) is 18.1. The molecule has 1 aromatic carbocycles. The van der Waals surface area contributed by atoms with Crippen LogP contribution in [-0.4, -0.2) is 23.2 Å². The molecule has 0 aliphatic heterocycles. The molecule has 5 nitrogen and oxygen atoms in total. The summed E-state index contributed by atoms with van der Waals surface area (Å²) in [7, 11) is 1.70. The van der Waals surface area contributed by atoms with Gasteiger partial charge in [0.25, 0.3) is 0 Å². The van der Waals surface area contributed by atoms with E-state index in [-0.39, 0.29) is 16.7 Å². The predicted molar refractivity (Wildman–Crippen MR) is 110 cm³/mol. The average molecular weight is 398 g/mol. The van der Waals surface area contributed by atoms with Gasteiger partial charge in [0.2, 0.25) is 11.0 Å². The fourth-order valence-electron chi connectivity index (χ4n) is 6.49. The third-order valence-corrected chi connectivity index (χ3v) is 8.22. The molecule has 4 atom stereocenters. The van der Waals surface area contributed by atoms with Crippen molar-refractivity contribution in [3.8, 4) is 5.75 Å². The number of hydrogen-bond acceptors (Lipinski definition) is 5. The Labute approximate surface area is 169 Å². The van der Waals surface area contributed by atoms with E-state index in [9.17, 15) is 4.79 Å². The van der Waals surface area contributed by atoms with E-state index in [0.717, 1.165) is 36.4 Å². The molecule has 0 saturated heterocycles. The number of rotatable bonds is 5. The fraction of sp³-hybridized carbons (Fsp3) is 0.591. The van der Waals surface area contributed by atoms with Crippen LogP contribution in [0.4, 0.5) is 5.13 Å². The highest BCUT2D eigenvalue weighted by atomic mass is 32.1. The fourth-order valence-corrected chi connectivity index (χ4v) is 7.16. The number of benzene rings is 1. The molecular weight excluding hydrogens is 370 g/mol. The zero-order chi connectivity index (χ0) is 19.4. The second-order valence-electron chi connectivity index (χ2n) is 9.06. The molecule has 4 bridgehead atoms. The van der Waals surface area contributed by atoms with Crippen molar-refractivity contribution in [3.05, 3.63) is 34.8 Å². The van der Waals surface area contributed by atoms with Gasteiger partial charge in [-0.25, -0.2) is 0 Å². The predicted octanol–water partition coefficient (Wildman–Crippen LogP) is 4.59. The largest absolute Gasteiger partial charge is 0.497 e. The van der Waals surface area contributed by atoms with E-state index in [1.807, 2.05) is 0 Å². The molecule has 2 aromatic rings. The maximum Gasteiger partial charge on any atom is 0.232 e. The number of nitrogens with one attached hydrogen (secondary N) is 1. The van der Waals surface area contributed by atoms with E-state index in [0.29, 0.717) is 17.0 Å². The first-order valence-electron chi connectivity index (χ1n) is 10.3. The number of methoxy groups -OCH3 is 1. The number of aryl methyl sites for hydroxylation is 1. The van der Waals surface area contributed by atoms with E-state index < -0.39 is 0 Å². The number of hydrogen-bond donors (Lipinski definition) is 1. The average Bonchev–Trinajstić information content (AvgIpc) is 3.14. The summed E-state index contributed by atoms with van der Waals surface area (Å²) in [5.74, 6) is 2.35. The number of carbonyl (C=O) groups is 1. The SMILES string of the molecule is CCc1nnc(NC(=O)C23C[C@H]4C[C@@H](C2)CC(c2ccc(OC)cc2)(C4)C3)s1. The molecule has 4 fully saturated rings. The lowest BCUT2D eigenvalue weighted by Crippen LogP contribution is -2.57. The Balaban J connectivity index is 1.44. The Hall–Kier alpha value is -1.95. The minimum Gasteiger partial charge on any atom is -0.497 e. The highest BCUT2D eigenvalue weighted by Crippen LogP contribution is 2.66. The summed E-state index contributed by atoms with van der Waals surface area (Å²) >= 11 is 1.50. The third kappa shape index (κ3) is 2.84. The van der Waals surface area contributed by atoms with Crippen LogP contribution in [0.2, 0.25) is 0 Å². The normalized spacial score (nSPS) is 33.1. The van der Waals surface area contributed by atoms with E-state index in [4.69, 9.17) is 4.74 Å². The van der Waals surface area contributed by atoms with Crippen LogP contribution in [0.5, 0.6) is 5.75 Å². The van der Waals surface area contributed by atoms with Gasteiger partial charge >= 0.3 is 0 Å². The van der Waals surface area contributed by atoms with Crippen molar-refractivity contribution in [2.24, 2.45) is 17.3 Å². The van der Waals surface area contributed by atoms with Gasteiger partial charge in [0, 0.05) is 0 Å². The van der Waals surface area contributed by atoms with Gasteiger partial charge in [0.15, 0.2) is 0 Å². The monoisotopic (exact) mass is 397 g/mol. The van der Waals surface area contributed by atoms with Crippen molar-refractivity contribution < 1.29 is 9.53 Å². The number of carbonyl (C=O) groups excluding carboxylic acids is 1. The van der Waals surface area contributed by atoms with Crippen LogP contribution >= 0.6 is 11.3 Å². The Kier molecular flexibility index (Phi) is 4.23. The lowest BCUT2D eigenvalue weighted by molar-refractivity contribution is -0.143. The number of nitrogens with zero attached hydrogens (tertiary/aromatic N) is 2. The molecule has 4 saturated carbocycles. The van der Waals surface area contributed by atoms with E-state index in [2.05, 4.69) is 46.7 Å². The van der Waals surface area contributed by atoms with Crippen LogP contribution in [0.1, 0.15) is 56.0 Å². The Morgan fingerprint density at radius 1 is 1.18 bits per heavy atom. The van der Waals surface area contributed by atoms with E-state index >= 15 is 0 Å². The highest BCUT2D eigenvalue weighted by Gasteiger charge is 2.61. The zero-order valence-corrected chi connectivity index (χ0v) is 17.3. The van der Waals surface area contributed by atoms with Gasteiger partial charge < -0.3 is 10.1 Å². The first-order valence-corrected chi connectivity index (χ1v) is 11.1. The quantitative estimate of drug-likeness (QED) is 0.802. The zero-order valence-electron chi connectivity index (χ0n) is 16.5. The standard InChI is InChI=1S/C22H27N3O2S/c1-3-18-24-25-20(28-18)23-19(26)22-11-14-8-15(12-22)10-21(9-14,13-22)16-4-6-17(27-2)7-5-16/h4-7,14-15H,3,8-13H2,1-2H3,(H,23,25,26)/t14-,15+,21?,22?. The van der Waals surface area contributed by atoms with Gasteiger partial charge in [0.1, 0.15) is 10.8 Å². The summed E-state index contributed by atoms with van der Waals surface area (Å²) in [6, 6.07) is 8.56. The van der Waals surface area contributed by atoms with Gasteiger partial charge in [0.05, 0.1) is 12.5 Å². The van der Waals surface area contributed by atoms with Crippen molar-refractivity contribution in [3.63, 3.8) is 0 Å². The van der Waals surface area contributed by atoms with Crippen molar-refractivity contribution in [2.75, 3.05) is 12.4 Å². The lowest BCUT2D eigenvalue weighted by Gasteiger charge is -2.61. The van der Waals surface area contributed by atoms with Crippen molar-refractivity contribution in [2.45, 2.75) is 57.3 Å². The van der Waals surface area contributed by atoms with E-state index in [1.165, 1.54) is 36.2 Å². The third-order valence-electron chi connectivity index (χ3n) is 7.23. The van der Waals surface area contributed by atoms with Crippen LogP contribution in [0, 0.1) is 17.3 Å². The summed E-state index contributed by atoms with van der Waals surface area (Å²) in [5, 5.41) is 13.1. The Bertz CT molecular complexity index is 877. The molecule has 4 aliphatic rings. The van der Waals surface area contributed by atoms with Crippen molar-refractivity contribution in [1.29, 1.82) is 0 Å². The Morgan fingerprint density at radius 3 is 2.50 bits per heavy atom. The van der Waals surface area contributed by atoms with Crippen LogP contribution in [-0.2, 0) is 16.6 Å². The maximum absolute atomic E-state index is 13.4. The molecule has 1 heterocycles. The molecule has 148 valence electrons. The minimum absolute atomic E-state index is 0.128. The second kappa shape index (κ2) is 6.55. The molecule has 6 heteroatoms. The Morgan fingerprint density at radius 2 is 1.89 bits per heavy atom. The lowest BCUT2D eigenvalue weighted by atomic mass is 9.42. The molecule has 0 spiro atoms. The topological polar surface area (TPSA) is 64.1 Å². The van der Waals surface area contributed by atoms with Gasteiger partial charge in [-0.2, -0.15) is 0 Å². The summed E-state index contributed by atoms with van der Waals surface area (Å²) in [5.41, 5.74) is 1.25. The second-order valence-corrected chi connectivity index (χ2v) is 10.1. The maximum atomic E-state index is 13.4. The van der Waals surface area contributed by atoms with Crippen molar-refractivity contribution >= 4 is 22.4 Å². The molecular formula is C22H27N3O2S. The van der Waals surface area contributed by atoms with Crippen LogP contribution in [0.25, 0.3) is 0 Å². The molecule has 0 radical (unpaired) electrons. The molecule has 1 aromatic heterocycles. The van der Waals surface area contributed by atoms with Gasteiger partial charge in [-0.05, 0) is 79.9 Å².